The second-order valence-electron chi connectivity index (χ2n) is 7.28. The van der Waals surface area contributed by atoms with E-state index in [1.807, 2.05) is 30.3 Å². The summed E-state index contributed by atoms with van der Waals surface area (Å²) in [7, 11) is 0. The summed E-state index contributed by atoms with van der Waals surface area (Å²) in [4.78, 5) is 11.0. The zero-order valence-corrected chi connectivity index (χ0v) is 18.9. The average molecular weight is 434 g/mol. The first-order valence-corrected chi connectivity index (χ1v) is 10.0. The molecule has 0 saturated carbocycles. The van der Waals surface area contributed by atoms with Gasteiger partial charge in [0.25, 0.3) is 0 Å². The molecule has 1 amide bonds. The Morgan fingerprint density at radius 2 is 1.67 bits per heavy atom. The second-order valence-corrected chi connectivity index (χ2v) is 7.59. The topological polar surface area (TPSA) is 67.8 Å². The highest BCUT2D eigenvalue weighted by molar-refractivity contribution is 6.18. The van der Waals surface area contributed by atoms with Crippen LogP contribution in [0.1, 0.15) is 31.9 Å². The van der Waals surface area contributed by atoms with E-state index in [2.05, 4.69) is 49.4 Å². The third kappa shape index (κ3) is 14.3. The Morgan fingerprint density at radius 3 is 2.17 bits per heavy atom. The van der Waals surface area contributed by atoms with Gasteiger partial charge in [0.2, 0.25) is 0 Å². The third-order valence-corrected chi connectivity index (χ3v) is 3.68. The highest BCUT2D eigenvalue weighted by Gasteiger charge is 2.16. The zero-order valence-electron chi connectivity index (χ0n) is 18.1. The van der Waals surface area contributed by atoms with E-state index in [0.29, 0.717) is 6.61 Å². The molecule has 2 N–H and O–H groups in total. The van der Waals surface area contributed by atoms with Crippen LogP contribution in [0.3, 0.4) is 0 Å². The van der Waals surface area contributed by atoms with Crippen molar-refractivity contribution in [1.29, 1.82) is 0 Å². The van der Waals surface area contributed by atoms with Gasteiger partial charge in [-0.1, -0.05) is 48.0 Å². The molecule has 0 fully saturated rings. The summed E-state index contributed by atoms with van der Waals surface area (Å²) < 4.78 is 10.6. The number of rotatable bonds is 6. The maximum absolute atomic E-state index is 11.0. The fraction of sp³-hybridized carbons (Fsp3) is 0.375. The molecule has 0 spiro atoms. The van der Waals surface area contributed by atoms with Gasteiger partial charge in [-0.25, -0.2) is 4.79 Å². The Bertz CT molecular complexity index is 724. The number of alkyl carbamates (subject to hydrolysis) is 1. The minimum absolute atomic E-state index is 0.0931. The number of nitrogens with one attached hydrogen (secondary N) is 1. The number of aliphatic hydroxyl groups excluding tert-OH is 1. The van der Waals surface area contributed by atoms with E-state index in [1.165, 1.54) is 11.1 Å². The van der Waals surface area contributed by atoms with E-state index in [1.54, 1.807) is 20.8 Å². The van der Waals surface area contributed by atoms with Crippen molar-refractivity contribution in [3.05, 3.63) is 65.7 Å². The predicted octanol–water partition coefficient (Wildman–Crippen LogP) is 4.93. The van der Waals surface area contributed by atoms with E-state index < -0.39 is 17.8 Å². The van der Waals surface area contributed by atoms with E-state index in [4.69, 9.17) is 26.2 Å². The van der Waals surface area contributed by atoms with Crippen molar-refractivity contribution in [2.45, 2.75) is 46.0 Å². The normalized spacial score (nSPS) is 10.9. The Hall–Kier alpha value is -2.68. The monoisotopic (exact) mass is 433 g/mol. The van der Waals surface area contributed by atoms with Crippen molar-refractivity contribution in [3.63, 3.8) is 0 Å². The first-order chi connectivity index (χ1) is 14.2. The Labute approximate surface area is 185 Å². The number of carbonyl (C=O) groups is 1. The maximum atomic E-state index is 11.0. The molecule has 1 atom stereocenters. The molecule has 164 valence electrons. The Balaban J connectivity index is 0.000000524. The molecule has 0 aliphatic heterocycles. The van der Waals surface area contributed by atoms with Crippen LogP contribution in [0.15, 0.2) is 54.6 Å². The molecule has 0 radical (unpaired) electrons. The van der Waals surface area contributed by atoms with Gasteiger partial charge in [0, 0.05) is 6.54 Å². The third-order valence-electron chi connectivity index (χ3n) is 3.33. The van der Waals surface area contributed by atoms with E-state index in [9.17, 15) is 4.79 Å². The molecule has 2 aromatic carbocycles. The minimum Gasteiger partial charge on any atom is -0.489 e. The van der Waals surface area contributed by atoms with Gasteiger partial charge in [0.15, 0.2) is 0 Å². The standard InChI is InChI=1S/C14H14O.C8H16ClNO3.C2H2/c1-12-7-9-14(10-8-12)15-11-13-5-3-2-4-6-13;1-8(2,3)13-7(12)10-5-6(11)4-9;1-2/h2-10H,11H2,1H3;6,11H,4-5H2,1-3H3,(H,10,12);1-2H/t;6-;/m.0./s1. The van der Waals surface area contributed by atoms with Crippen LogP contribution >= 0.6 is 11.6 Å². The summed E-state index contributed by atoms with van der Waals surface area (Å²) in [6.45, 7) is 8.11. The van der Waals surface area contributed by atoms with E-state index in [-0.39, 0.29) is 12.4 Å². The fourth-order valence-electron chi connectivity index (χ4n) is 1.95. The number of terminal acetylenes is 1. The number of hydrogen-bond acceptors (Lipinski definition) is 4. The van der Waals surface area contributed by atoms with Gasteiger partial charge in [-0.05, 0) is 45.4 Å². The molecule has 0 heterocycles. The molecule has 5 nitrogen and oxygen atoms in total. The molecule has 0 bridgehead atoms. The first-order valence-electron chi connectivity index (χ1n) is 9.47. The summed E-state index contributed by atoms with van der Waals surface area (Å²) in [5, 5.41) is 11.4. The number of ether oxygens (including phenoxy) is 2. The second kappa shape index (κ2) is 15.2. The first kappa shape index (κ1) is 27.3. The van der Waals surface area contributed by atoms with Gasteiger partial charge in [-0.15, -0.1) is 24.4 Å². The average Bonchev–Trinajstić information content (AvgIpc) is 2.73. The van der Waals surface area contributed by atoms with Crippen LogP contribution in [0.2, 0.25) is 0 Å². The number of alkyl halides is 1. The number of aliphatic hydroxyl groups is 1. The molecular formula is C24H32ClNO4. The van der Waals surface area contributed by atoms with Crippen LogP contribution < -0.4 is 10.1 Å². The molecule has 0 aromatic heterocycles. The lowest BCUT2D eigenvalue weighted by atomic mass is 10.2. The number of benzene rings is 2. The van der Waals surface area contributed by atoms with Crippen LogP contribution in [0.5, 0.6) is 5.75 Å². The highest BCUT2D eigenvalue weighted by atomic mass is 35.5. The summed E-state index contributed by atoms with van der Waals surface area (Å²) in [6, 6.07) is 18.3. The lowest BCUT2D eigenvalue weighted by molar-refractivity contribution is 0.0499. The Morgan fingerprint density at radius 1 is 1.10 bits per heavy atom. The SMILES string of the molecule is C#C.CC(C)(C)OC(=O)NC[C@@H](O)CCl.Cc1ccc(OCc2ccccc2)cc1. The van der Waals surface area contributed by atoms with Gasteiger partial charge in [-0.3, -0.25) is 0 Å². The fourth-order valence-corrected chi connectivity index (χ4v) is 2.05. The molecule has 0 saturated heterocycles. The molecule has 30 heavy (non-hydrogen) atoms. The van der Waals surface area contributed by atoms with Crippen molar-refractivity contribution in [2.24, 2.45) is 0 Å². The summed E-state index contributed by atoms with van der Waals surface area (Å²) in [6.07, 6.45) is 6.73. The van der Waals surface area contributed by atoms with Gasteiger partial charge < -0.3 is 19.9 Å². The molecule has 0 unspecified atom stereocenters. The summed E-state index contributed by atoms with van der Waals surface area (Å²) in [5.41, 5.74) is 1.93. The van der Waals surface area contributed by atoms with Crippen molar-refractivity contribution in [2.75, 3.05) is 12.4 Å². The quantitative estimate of drug-likeness (QED) is 0.500. The van der Waals surface area contributed by atoms with Gasteiger partial charge in [0.1, 0.15) is 18.0 Å². The lowest BCUT2D eigenvalue weighted by Gasteiger charge is -2.20. The molecule has 0 aliphatic carbocycles. The predicted molar refractivity (Wildman–Crippen MR) is 123 cm³/mol. The van der Waals surface area contributed by atoms with Crippen LogP contribution in [0.4, 0.5) is 4.79 Å². The molecule has 2 aromatic rings. The molecule has 0 aliphatic rings. The zero-order chi connectivity index (χ0) is 23.0. The van der Waals surface area contributed by atoms with Gasteiger partial charge >= 0.3 is 6.09 Å². The Kier molecular flexibility index (Phi) is 13.8. The van der Waals surface area contributed by atoms with Crippen LogP contribution in [-0.4, -0.2) is 35.3 Å². The smallest absolute Gasteiger partial charge is 0.407 e. The van der Waals surface area contributed by atoms with Crippen molar-refractivity contribution >= 4 is 17.7 Å². The number of aryl methyl sites for hydroxylation is 1. The van der Waals surface area contributed by atoms with Gasteiger partial charge in [-0.2, -0.15) is 0 Å². The number of hydrogen-bond donors (Lipinski definition) is 2. The minimum atomic E-state index is -0.728. The van der Waals surface area contributed by atoms with Crippen molar-refractivity contribution in [1.82, 2.24) is 5.32 Å². The van der Waals surface area contributed by atoms with Crippen LogP contribution in [0, 0.1) is 19.8 Å². The number of amides is 1. The van der Waals surface area contributed by atoms with E-state index in [0.717, 1.165) is 5.75 Å². The number of halogens is 1. The van der Waals surface area contributed by atoms with Crippen LogP contribution in [0.25, 0.3) is 0 Å². The van der Waals surface area contributed by atoms with Crippen LogP contribution in [-0.2, 0) is 11.3 Å². The van der Waals surface area contributed by atoms with Crippen molar-refractivity contribution < 1.29 is 19.4 Å². The maximum Gasteiger partial charge on any atom is 0.407 e. The molecule has 2 rings (SSSR count). The summed E-state index contributed by atoms with van der Waals surface area (Å²) in [5.74, 6) is 1.01. The highest BCUT2D eigenvalue weighted by Crippen LogP contribution is 2.13. The van der Waals surface area contributed by atoms with E-state index >= 15 is 0 Å². The lowest BCUT2D eigenvalue weighted by Crippen LogP contribution is -2.37. The number of carbonyl (C=O) groups excluding carboxylic acids is 1. The molecule has 6 heteroatoms. The van der Waals surface area contributed by atoms with Crippen molar-refractivity contribution in [3.8, 4) is 18.6 Å². The van der Waals surface area contributed by atoms with Gasteiger partial charge in [0.05, 0.1) is 12.0 Å². The summed E-state index contributed by atoms with van der Waals surface area (Å²) >= 11 is 5.33. The molecular weight excluding hydrogens is 402 g/mol. The largest absolute Gasteiger partial charge is 0.489 e.